The van der Waals surface area contributed by atoms with Crippen LogP contribution in [0.25, 0.3) is 0 Å². The van der Waals surface area contributed by atoms with Crippen molar-refractivity contribution in [3.8, 4) is 0 Å². The second-order valence-electron chi connectivity index (χ2n) is 3.39. The Bertz CT molecular complexity index is 70.9. The Labute approximate surface area is 63.8 Å². The molecule has 0 aromatic rings. The lowest BCUT2D eigenvalue weighted by molar-refractivity contribution is 0.162. The topological polar surface area (TPSA) is 32.5 Å². The summed E-state index contributed by atoms with van der Waals surface area (Å²) >= 11 is 0. The van der Waals surface area contributed by atoms with E-state index in [4.69, 9.17) is 5.84 Å². The summed E-state index contributed by atoms with van der Waals surface area (Å²) in [7, 11) is 4.03. The van der Waals surface area contributed by atoms with Crippen molar-refractivity contribution >= 4 is 0 Å². The van der Waals surface area contributed by atoms with E-state index in [9.17, 15) is 0 Å². The van der Waals surface area contributed by atoms with Crippen molar-refractivity contribution in [2.45, 2.75) is 13.8 Å². The van der Waals surface area contributed by atoms with Crippen LogP contribution in [0.1, 0.15) is 13.8 Å². The summed E-state index contributed by atoms with van der Waals surface area (Å²) in [4.78, 5) is 2.06. The van der Waals surface area contributed by atoms with Gasteiger partial charge >= 0.3 is 0 Å². The van der Waals surface area contributed by atoms with Gasteiger partial charge in [0.2, 0.25) is 0 Å². The monoisotopic (exact) mass is 145 g/mol. The molecule has 3 nitrogen and oxygen atoms in total. The third kappa shape index (κ3) is 6.01. The first-order valence-electron chi connectivity index (χ1n) is 3.66. The molecule has 2 N–H and O–H groups in total. The highest BCUT2D eigenvalue weighted by atomic mass is 15.5. The normalized spacial score (nSPS) is 12.0. The van der Waals surface area contributed by atoms with Gasteiger partial charge in [-0.05, 0) is 20.0 Å². The maximum atomic E-state index is 5.67. The highest BCUT2D eigenvalue weighted by Gasteiger charge is 2.01. The van der Waals surface area contributed by atoms with E-state index in [-0.39, 0.29) is 0 Å². The molecule has 0 aliphatic heterocycles. The third-order valence-corrected chi connectivity index (χ3v) is 1.06. The van der Waals surface area contributed by atoms with E-state index in [2.05, 4.69) is 18.7 Å². The van der Waals surface area contributed by atoms with Crippen LogP contribution in [0.3, 0.4) is 0 Å². The van der Waals surface area contributed by atoms with Gasteiger partial charge in [0, 0.05) is 6.54 Å². The lowest BCUT2D eigenvalue weighted by atomic mass is 10.2. The van der Waals surface area contributed by atoms with Gasteiger partial charge in [-0.15, -0.1) is 0 Å². The summed E-state index contributed by atoms with van der Waals surface area (Å²) < 4.78 is 0. The van der Waals surface area contributed by atoms with Gasteiger partial charge in [0.25, 0.3) is 0 Å². The van der Waals surface area contributed by atoms with E-state index in [0.717, 1.165) is 13.2 Å². The molecule has 0 amide bonds. The van der Waals surface area contributed by atoms with Crippen LogP contribution < -0.4 is 5.84 Å². The van der Waals surface area contributed by atoms with E-state index in [1.54, 1.807) is 0 Å². The predicted molar refractivity (Wildman–Crippen MR) is 44.3 cm³/mol. The molecule has 0 saturated heterocycles. The minimum Gasteiger partial charge on any atom is -0.296 e. The molecule has 10 heavy (non-hydrogen) atoms. The first-order valence-corrected chi connectivity index (χ1v) is 3.66. The third-order valence-electron chi connectivity index (χ3n) is 1.06. The van der Waals surface area contributed by atoms with Crippen molar-refractivity contribution in [3.63, 3.8) is 0 Å². The number of hydrogen-bond donors (Lipinski definition) is 1. The Morgan fingerprint density at radius 3 is 2.10 bits per heavy atom. The van der Waals surface area contributed by atoms with E-state index >= 15 is 0 Å². The first kappa shape index (κ1) is 9.88. The SMILES string of the molecule is CC(C)CN(N)CN(C)C. The molecule has 0 bridgehead atoms. The van der Waals surface area contributed by atoms with Gasteiger partial charge in [0.1, 0.15) is 0 Å². The Morgan fingerprint density at radius 2 is 1.80 bits per heavy atom. The molecular weight excluding hydrogens is 126 g/mol. The van der Waals surface area contributed by atoms with Crippen LogP contribution in [-0.4, -0.2) is 37.2 Å². The predicted octanol–water partition coefficient (Wildman–Crippen LogP) is 0.337. The van der Waals surface area contributed by atoms with Crippen LogP contribution in [0.5, 0.6) is 0 Å². The Balaban J connectivity index is 3.34. The molecule has 0 atom stereocenters. The van der Waals surface area contributed by atoms with Crippen molar-refractivity contribution in [2.24, 2.45) is 11.8 Å². The fraction of sp³-hybridized carbons (Fsp3) is 1.00. The number of nitrogens with two attached hydrogens (primary N) is 1. The summed E-state index contributed by atoms with van der Waals surface area (Å²) in [6, 6.07) is 0. The van der Waals surface area contributed by atoms with E-state index in [0.29, 0.717) is 5.92 Å². The van der Waals surface area contributed by atoms with E-state index < -0.39 is 0 Å². The van der Waals surface area contributed by atoms with Gasteiger partial charge in [0.15, 0.2) is 0 Å². The average Bonchev–Trinajstić information content (AvgIpc) is 1.58. The van der Waals surface area contributed by atoms with Crippen LogP contribution >= 0.6 is 0 Å². The summed E-state index contributed by atoms with van der Waals surface area (Å²) in [6.07, 6.45) is 0. The number of nitrogens with zero attached hydrogens (tertiary/aromatic N) is 2. The molecule has 0 saturated carbocycles. The molecule has 0 radical (unpaired) electrons. The molecule has 0 aromatic carbocycles. The van der Waals surface area contributed by atoms with Crippen molar-refractivity contribution in [1.82, 2.24) is 9.91 Å². The van der Waals surface area contributed by atoms with Crippen molar-refractivity contribution in [1.29, 1.82) is 0 Å². The van der Waals surface area contributed by atoms with Gasteiger partial charge in [-0.3, -0.25) is 10.7 Å². The molecule has 0 aliphatic carbocycles. The molecule has 0 fully saturated rings. The standard InChI is InChI=1S/C7H19N3/c1-7(2)5-10(8)6-9(3)4/h7H,5-6,8H2,1-4H3. The molecular formula is C7H19N3. The minimum absolute atomic E-state index is 0.643. The average molecular weight is 145 g/mol. The highest BCUT2D eigenvalue weighted by molar-refractivity contribution is 4.50. The zero-order chi connectivity index (χ0) is 8.15. The smallest absolute Gasteiger partial charge is 0.0638 e. The van der Waals surface area contributed by atoms with Crippen molar-refractivity contribution < 1.29 is 0 Å². The zero-order valence-electron chi connectivity index (χ0n) is 7.46. The fourth-order valence-corrected chi connectivity index (χ4v) is 0.890. The van der Waals surface area contributed by atoms with E-state index in [1.165, 1.54) is 0 Å². The maximum absolute atomic E-state index is 5.67. The van der Waals surface area contributed by atoms with Crippen LogP contribution in [0, 0.1) is 5.92 Å². The van der Waals surface area contributed by atoms with Gasteiger partial charge in [-0.25, -0.2) is 5.01 Å². The van der Waals surface area contributed by atoms with E-state index in [1.807, 2.05) is 19.1 Å². The van der Waals surface area contributed by atoms with Crippen molar-refractivity contribution in [2.75, 3.05) is 27.3 Å². The maximum Gasteiger partial charge on any atom is 0.0638 e. The highest BCUT2D eigenvalue weighted by Crippen LogP contribution is 1.92. The Kier molecular flexibility index (Phi) is 4.60. The Morgan fingerprint density at radius 1 is 1.30 bits per heavy atom. The minimum atomic E-state index is 0.643. The molecule has 0 unspecified atom stereocenters. The molecule has 0 aromatic heterocycles. The largest absolute Gasteiger partial charge is 0.296 e. The van der Waals surface area contributed by atoms with Crippen LogP contribution in [0.4, 0.5) is 0 Å². The summed E-state index contributed by atoms with van der Waals surface area (Å²) in [5, 5.41) is 1.82. The number of hydrazine groups is 1. The quantitative estimate of drug-likeness (QED) is 0.352. The number of hydrogen-bond acceptors (Lipinski definition) is 3. The zero-order valence-corrected chi connectivity index (χ0v) is 7.46. The van der Waals surface area contributed by atoms with Gasteiger partial charge in [0.05, 0.1) is 6.67 Å². The molecule has 0 rings (SSSR count). The lowest BCUT2D eigenvalue weighted by Crippen LogP contribution is -2.41. The fourth-order valence-electron chi connectivity index (χ4n) is 0.890. The molecule has 0 aliphatic rings. The van der Waals surface area contributed by atoms with Crippen molar-refractivity contribution in [3.05, 3.63) is 0 Å². The second kappa shape index (κ2) is 4.66. The summed E-state index contributed by atoms with van der Waals surface area (Å²) in [5.74, 6) is 6.31. The van der Waals surface area contributed by atoms with Crippen LogP contribution in [0.2, 0.25) is 0 Å². The Hall–Kier alpha value is -0.120. The van der Waals surface area contributed by atoms with Gasteiger partial charge in [-0.1, -0.05) is 13.8 Å². The lowest BCUT2D eigenvalue weighted by Gasteiger charge is -2.21. The van der Waals surface area contributed by atoms with Crippen LogP contribution in [-0.2, 0) is 0 Å². The molecule has 3 heteroatoms. The summed E-state index contributed by atoms with van der Waals surface area (Å²) in [5.41, 5.74) is 0. The van der Waals surface area contributed by atoms with Crippen LogP contribution in [0.15, 0.2) is 0 Å². The van der Waals surface area contributed by atoms with Gasteiger partial charge in [-0.2, -0.15) is 0 Å². The second-order valence-corrected chi connectivity index (χ2v) is 3.39. The van der Waals surface area contributed by atoms with Gasteiger partial charge < -0.3 is 0 Å². The molecule has 62 valence electrons. The summed E-state index contributed by atoms with van der Waals surface area (Å²) in [6.45, 7) is 6.11. The molecule has 0 spiro atoms. The first-order chi connectivity index (χ1) is 4.52. The number of rotatable bonds is 4. The molecule has 0 heterocycles.